The molecule has 2 nitrogen and oxygen atoms in total. The van der Waals surface area contributed by atoms with Gasteiger partial charge in [-0.25, -0.2) is 4.39 Å². The lowest BCUT2D eigenvalue weighted by molar-refractivity contribution is -0.883. The molecule has 2 heterocycles. The first-order valence-electron chi connectivity index (χ1n) is 8.16. The van der Waals surface area contributed by atoms with Crippen molar-refractivity contribution in [2.24, 2.45) is 0 Å². The van der Waals surface area contributed by atoms with Gasteiger partial charge in [-0.05, 0) is 29.8 Å². The Morgan fingerprint density at radius 2 is 1.88 bits per heavy atom. The highest BCUT2D eigenvalue weighted by molar-refractivity contribution is 7.99. The number of hydrogen-bond acceptors (Lipinski definition) is 2. The monoisotopic (exact) mass is 361 g/mol. The number of likely N-dealkylation sites (N-methyl/N-ethyl adjacent to an activating group) is 1. The zero-order chi connectivity index (χ0) is 16.7. The largest absolute Gasteiger partial charge is 0.360 e. The van der Waals surface area contributed by atoms with Crippen molar-refractivity contribution in [3.05, 3.63) is 58.4 Å². The van der Waals surface area contributed by atoms with Crippen molar-refractivity contribution >= 4 is 35.1 Å². The number of quaternary nitrogens is 1. The zero-order valence-corrected chi connectivity index (χ0v) is 15.1. The van der Waals surface area contributed by atoms with Crippen LogP contribution in [0.15, 0.2) is 46.2 Å². The van der Waals surface area contributed by atoms with Crippen LogP contribution in [0, 0.1) is 5.82 Å². The summed E-state index contributed by atoms with van der Waals surface area (Å²) in [6, 6.07) is 11.6. The number of nitrogens with one attached hydrogen (secondary N) is 1. The van der Waals surface area contributed by atoms with E-state index in [1.54, 1.807) is 28.8 Å². The fourth-order valence-corrected chi connectivity index (χ4v) is 4.47. The van der Waals surface area contributed by atoms with Gasteiger partial charge in [0.15, 0.2) is 0 Å². The van der Waals surface area contributed by atoms with Crippen molar-refractivity contribution in [3.8, 4) is 0 Å². The molecule has 0 spiro atoms. The van der Waals surface area contributed by atoms with E-state index in [0.717, 1.165) is 47.2 Å². The third-order valence-electron chi connectivity index (χ3n) is 4.69. The van der Waals surface area contributed by atoms with E-state index < -0.39 is 0 Å². The molecule has 0 radical (unpaired) electrons. The number of benzene rings is 2. The molecule has 0 atom stereocenters. The molecule has 124 valence electrons. The van der Waals surface area contributed by atoms with E-state index in [4.69, 9.17) is 11.6 Å². The van der Waals surface area contributed by atoms with Gasteiger partial charge in [0.1, 0.15) is 5.82 Å². The Labute approximate surface area is 150 Å². The smallest absolute Gasteiger partial charge is 0.142 e. The molecule has 2 aromatic carbocycles. The number of piperazine rings is 1. The van der Waals surface area contributed by atoms with E-state index in [9.17, 15) is 4.39 Å². The molecule has 0 amide bonds. The van der Waals surface area contributed by atoms with Crippen molar-refractivity contribution in [1.29, 1.82) is 0 Å². The molecule has 1 N–H and O–H groups in total. The number of hydrogen-bond donors (Lipinski definition) is 1. The van der Waals surface area contributed by atoms with Crippen LogP contribution in [0.2, 0.25) is 5.02 Å². The van der Waals surface area contributed by atoms with Gasteiger partial charge in [-0.1, -0.05) is 41.6 Å². The van der Waals surface area contributed by atoms with Gasteiger partial charge in [-0.3, -0.25) is 0 Å². The summed E-state index contributed by atoms with van der Waals surface area (Å²) >= 11 is 7.72. The molecule has 5 heteroatoms. The van der Waals surface area contributed by atoms with E-state index >= 15 is 0 Å². The van der Waals surface area contributed by atoms with Crippen molar-refractivity contribution in [2.75, 3.05) is 33.2 Å². The maximum absolute atomic E-state index is 14.1. The molecule has 4 rings (SSSR count). The number of rotatable bonds is 1. The molecule has 0 unspecified atom stereocenters. The Hall–Kier alpha value is -1.49. The Balaban J connectivity index is 1.86. The summed E-state index contributed by atoms with van der Waals surface area (Å²) in [5, 5.41) is 0.186. The maximum Gasteiger partial charge on any atom is 0.142 e. The van der Waals surface area contributed by atoms with Crippen LogP contribution in [0.5, 0.6) is 0 Å². The highest BCUT2D eigenvalue weighted by atomic mass is 35.5. The van der Waals surface area contributed by atoms with Gasteiger partial charge in [0.25, 0.3) is 0 Å². The highest BCUT2D eigenvalue weighted by Gasteiger charge is 2.25. The Kier molecular flexibility index (Phi) is 4.29. The number of nitrogens with zero attached hydrogens (tertiary/aromatic N) is 1. The summed E-state index contributed by atoms with van der Waals surface area (Å²) in [6.45, 7) is 4.21. The summed E-state index contributed by atoms with van der Waals surface area (Å²) in [7, 11) is 2.23. The highest BCUT2D eigenvalue weighted by Crippen LogP contribution is 2.43. The minimum Gasteiger partial charge on any atom is -0.360 e. The van der Waals surface area contributed by atoms with Crippen LogP contribution in [0.4, 0.5) is 4.39 Å². The lowest BCUT2D eigenvalue weighted by Gasteiger charge is -2.34. The van der Waals surface area contributed by atoms with Crippen LogP contribution < -0.4 is 4.90 Å². The van der Waals surface area contributed by atoms with E-state index in [0.29, 0.717) is 0 Å². The molecule has 0 aromatic heterocycles. The van der Waals surface area contributed by atoms with Gasteiger partial charge in [0, 0.05) is 21.1 Å². The van der Waals surface area contributed by atoms with Crippen LogP contribution in [0.25, 0.3) is 11.8 Å². The van der Waals surface area contributed by atoms with Crippen molar-refractivity contribution in [3.63, 3.8) is 0 Å². The van der Waals surface area contributed by atoms with Gasteiger partial charge in [0.2, 0.25) is 0 Å². The molecule has 0 saturated carbocycles. The molecule has 2 aromatic rings. The molecule has 24 heavy (non-hydrogen) atoms. The summed E-state index contributed by atoms with van der Waals surface area (Å²) in [5.41, 5.74) is 3.36. The van der Waals surface area contributed by atoms with Crippen molar-refractivity contribution in [1.82, 2.24) is 4.90 Å². The van der Waals surface area contributed by atoms with Crippen molar-refractivity contribution < 1.29 is 9.29 Å². The third kappa shape index (κ3) is 2.94. The van der Waals surface area contributed by atoms with Crippen LogP contribution in [0.3, 0.4) is 0 Å². The van der Waals surface area contributed by atoms with Crippen molar-refractivity contribution in [2.45, 2.75) is 9.79 Å². The maximum atomic E-state index is 14.1. The van der Waals surface area contributed by atoms with Gasteiger partial charge < -0.3 is 9.80 Å². The lowest BCUT2D eigenvalue weighted by Crippen LogP contribution is -3.11. The topological polar surface area (TPSA) is 7.68 Å². The number of halogens is 2. The zero-order valence-electron chi connectivity index (χ0n) is 13.5. The van der Waals surface area contributed by atoms with Gasteiger partial charge in [0.05, 0.1) is 38.2 Å². The summed E-state index contributed by atoms with van der Waals surface area (Å²) in [5.74, 6) is -0.357. The first-order valence-corrected chi connectivity index (χ1v) is 9.35. The second-order valence-corrected chi connectivity index (χ2v) is 7.87. The molecule has 2 aliphatic heterocycles. The molecule has 0 bridgehead atoms. The normalized spacial score (nSPS) is 17.8. The summed E-state index contributed by atoms with van der Waals surface area (Å²) in [4.78, 5) is 6.03. The Morgan fingerprint density at radius 1 is 1.12 bits per heavy atom. The molecule has 2 aliphatic rings. The predicted molar refractivity (Wildman–Crippen MR) is 98.0 cm³/mol. The molecular formula is C19H19ClFN2S+. The number of fused-ring (bicyclic) bond motifs is 2. The minimum absolute atomic E-state index is 0.186. The average Bonchev–Trinajstić information content (AvgIpc) is 2.73. The fourth-order valence-electron chi connectivity index (χ4n) is 3.24. The van der Waals surface area contributed by atoms with E-state index in [-0.39, 0.29) is 10.8 Å². The SMILES string of the molecule is C[NH+]1CCN(C2=Cc3ccccc3Sc3cc(F)c(Cl)cc32)CC1. The van der Waals surface area contributed by atoms with Crippen LogP contribution in [0.1, 0.15) is 11.1 Å². The Morgan fingerprint density at radius 3 is 2.67 bits per heavy atom. The lowest BCUT2D eigenvalue weighted by atomic mass is 10.1. The standard InChI is InChI=1S/C19H18ClFN2S/c1-22-6-8-23(9-7-22)17-10-13-4-2-3-5-18(13)24-19-12-16(21)15(20)11-14(17)19/h2-5,10-12H,6-9H2,1H3/p+1. The molecule has 0 aliphatic carbocycles. The quantitative estimate of drug-likeness (QED) is 0.833. The van der Waals surface area contributed by atoms with Crippen LogP contribution >= 0.6 is 23.4 Å². The minimum atomic E-state index is -0.357. The average molecular weight is 362 g/mol. The van der Waals surface area contributed by atoms with Crippen LogP contribution in [-0.2, 0) is 0 Å². The summed E-state index contributed by atoms with van der Waals surface area (Å²) in [6.07, 6.45) is 2.23. The first kappa shape index (κ1) is 16.0. The van der Waals surface area contributed by atoms with Gasteiger partial charge >= 0.3 is 0 Å². The van der Waals surface area contributed by atoms with Gasteiger partial charge in [-0.2, -0.15) is 0 Å². The second kappa shape index (κ2) is 6.43. The van der Waals surface area contributed by atoms with E-state index in [1.807, 2.05) is 12.1 Å². The molecular weight excluding hydrogens is 343 g/mol. The Bertz CT molecular complexity index is 813. The first-order chi connectivity index (χ1) is 11.6. The van der Waals surface area contributed by atoms with Crippen LogP contribution in [-0.4, -0.2) is 38.1 Å². The second-order valence-electron chi connectivity index (χ2n) is 6.38. The molecule has 1 fully saturated rings. The van der Waals surface area contributed by atoms with E-state index in [2.05, 4.69) is 30.2 Å². The molecule has 1 saturated heterocycles. The van der Waals surface area contributed by atoms with Gasteiger partial charge in [-0.15, -0.1) is 0 Å². The predicted octanol–water partition coefficient (Wildman–Crippen LogP) is 3.27. The third-order valence-corrected chi connectivity index (χ3v) is 6.13. The fraction of sp³-hybridized carbons (Fsp3) is 0.263. The van der Waals surface area contributed by atoms with E-state index in [1.165, 1.54) is 5.56 Å². The summed E-state index contributed by atoms with van der Waals surface area (Å²) < 4.78 is 14.1.